The standard InChI is InChI=1S/C11H11BrFN3O/c1-11(9(14)15-10(17)16(11)2)7-5-6(12)3-4-8(7)13/h3-5H,1-2H3,(H2,14,15,17). The number of urea groups is 1. The number of amidine groups is 1. The van der Waals surface area contributed by atoms with Crippen LogP contribution in [0.4, 0.5) is 9.18 Å². The summed E-state index contributed by atoms with van der Waals surface area (Å²) >= 11 is 3.26. The molecule has 1 aliphatic rings. The van der Waals surface area contributed by atoms with Gasteiger partial charge in [-0.3, -0.25) is 10.7 Å². The molecule has 0 aliphatic carbocycles. The molecule has 0 saturated carbocycles. The van der Waals surface area contributed by atoms with Gasteiger partial charge in [-0.25, -0.2) is 9.18 Å². The second-order valence-electron chi connectivity index (χ2n) is 4.06. The molecule has 1 aromatic carbocycles. The highest BCUT2D eigenvalue weighted by molar-refractivity contribution is 9.10. The molecular weight excluding hydrogens is 289 g/mol. The fraction of sp³-hybridized carbons (Fsp3) is 0.273. The van der Waals surface area contributed by atoms with Crippen LogP contribution in [0, 0.1) is 11.2 Å². The van der Waals surface area contributed by atoms with E-state index in [9.17, 15) is 9.18 Å². The van der Waals surface area contributed by atoms with E-state index in [2.05, 4.69) is 21.2 Å². The zero-order valence-corrected chi connectivity index (χ0v) is 10.9. The topological polar surface area (TPSA) is 56.2 Å². The van der Waals surface area contributed by atoms with Crippen LogP contribution in [-0.4, -0.2) is 23.8 Å². The molecule has 1 saturated heterocycles. The number of rotatable bonds is 1. The number of likely N-dealkylation sites (N-methyl/N-ethyl adjacent to an activating group) is 1. The number of hydrogen-bond donors (Lipinski definition) is 2. The third-order valence-corrected chi connectivity index (χ3v) is 3.64. The molecule has 90 valence electrons. The predicted molar refractivity (Wildman–Crippen MR) is 65.5 cm³/mol. The van der Waals surface area contributed by atoms with Gasteiger partial charge in [0, 0.05) is 17.1 Å². The number of halogens is 2. The number of carbonyl (C=O) groups excluding carboxylic acids is 1. The maximum Gasteiger partial charge on any atom is 0.323 e. The van der Waals surface area contributed by atoms with Crippen LogP contribution in [-0.2, 0) is 5.54 Å². The summed E-state index contributed by atoms with van der Waals surface area (Å²) in [5, 5.41) is 10.2. The van der Waals surface area contributed by atoms with Crippen molar-refractivity contribution in [2.75, 3.05) is 7.05 Å². The third-order valence-electron chi connectivity index (χ3n) is 3.15. The van der Waals surface area contributed by atoms with Gasteiger partial charge in [-0.1, -0.05) is 15.9 Å². The molecule has 0 aromatic heterocycles. The van der Waals surface area contributed by atoms with Crippen molar-refractivity contribution in [3.05, 3.63) is 34.1 Å². The Kier molecular flexibility index (Phi) is 2.69. The summed E-state index contributed by atoms with van der Waals surface area (Å²) in [4.78, 5) is 12.8. The van der Waals surface area contributed by atoms with Gasteiger partial charge in [0.1, 0.15) is 17.2 Å². The molecule has 4 nitrogen and oxygen atoms in total. The van der Waals surface area contributed by atoms with Crippen LogP contribution in [0.25, 0.3) is 0 Å². The fourth-order valence-electron chi connectivity index (χ4n) is 1.87. The zero-order valence-electron chi connectivity index (χ0n) is 9.34. The van der Waals surface area contributed by atoms with Gasteiger partial charge in [-0.05, 0) is 25.1 Å². The van der Waals surface area contributed by atoms with E-state index in [1.165, 1.54) is 18.0 Å². The third kappa shape index (κ3) is 1.63. The summed E-state index contributed by atoms with van der Waals surface area (Å²) in [7, 11) is 1.54. The average molecular weight is 300 g/mol. The minimum atomic E-state index is -1.09. The Morgan fingerprint density at radius 2 is 2.18 bits per heavy atom. The van der Waals surface area contributed by atoms with Gasteiger partial charge in [0.05, 0.1) is 0 Å². The van der Waals surface area contributed by atoms with Crippen LogP contribution in [0.1, 0.15) is 12.5 Å². The minimum Gasteiger partial charge on any atom is -0.311 e. The molecule has 1 aromatic rings. The largest absolute Gasteiger partial charge is 0.323 e. The zero-order chi connectivity index (χ0) is 12.8. The Hall–Kier alpha value is -1.43. The Morgan fingerprint density at radius 1 is 1.53 bits per heavy atom. The van der Waals surface area contributed by atoms with Crippen LogP contribution in [0.15, 0.2) is 22.7 Å². The molecule has 2 rings (SSSR count). The maximum atomic E-state index is 13.9. The molecule has 0 bridgehead atoms. The van der Waals surface area contributed by atoms with E-state index in [1.54, 1.807) is 19.1 Å². The van der Waals surface area contributed by atoms with Crippen molar-refractivity contribution in [2.45, 2.75) is 12.5 Å². The van der Waals surface area contributed by atoms with Crippen LogP contribution in [0.5, 0.6) is 0 Å². The van der Waals surface area contributed by atoms with Crippen molar-refractivity contribution in [2.24, 2.45) is 0 Å². The van der Waals surface area contributed by atoms with Gasteiger partial charge in [0.25, 0.3) is 0 Å². The molecular formula is C11H11BrFN3O. The molecule has 2 amide bonds. The number of benzene rings is 1. The van der Waals surface area contributed by atoms with Crippen molar-refractivity contribution in [1.29, 1.82) is 5.41 Å². The summed E-state index contributed by atoms with van der Waals surface area (Å²) in [5.74, 6) is -0.467. The number of nitrogens with one attached hydrogen (secondary N) is 2. The highest BCUT2D eigenvalue weighted by atomic mass is 79.9. The average Bonchev–Trinajstić information content (AvgIpc) is 2.47. The lowest BCUT2D eigenvalue weighted by atomic mass is 9.90. The Balaban J connectivity index is 2.62. The first kappa shape index (κ1) is 12.0. The highest BCUT2D eigenvalue weighted by Crippen LogP contribution is 2.34. The lowest BCUT2D eigenvalue weighted by molar-refractivity contribution is 0.197. The smallest absolute Gasteiger partial charge is 0.311 e. The van der Waals surface area contributed by atoms with Crippen molar-refractivity contribution in [1.82, 2.24) is 10.2 Å². The van der Waals surface area contributed by atoms with Crippen LogP contribution in [0.2, 0.25) is 0 Å². The summed E-state index contributed by atoms with van der Waals surface area (Å²) in [6.45, 7) is 1.64. The molecule has 1 aliphatic heterocycles. The lowest BCUT2D eigenvalue weighted by Crippen LogP contribution is -2.42. The minimum absolute atomic E-state index is 0.0259. The normalized spacial score (nSPS) is 24.1. The molecule has 1 heterocycles. The molecule has 1 unspecified atom stereocenters. The second kappa shape index (κ2) is 3.80. The van der Waals surface area contributed by atoms with E-state index >= 15 is 0 Å². The fourth-order valence-corrected chi connectivity index (χ4v) is 2.23. The Morgan fingerprint density at radius 3 is 2.71 bits per heavy atom. The van der Waals surface area contributed by atoms with Crippen molar-refractivity contribution in [3.63, 3.8) is 0 Å². The molecule has 2 N–H and O–H groups in total. The van der Waals surface area contributed by atoms with Crippen molar-refractivity contribution in [3.8, 4) is 0 Å². The van der Waals surface area contributed by atoms with Gasteiger partial charge in [-0.2, -0.15) is 0 Å². The van der Waals surface area contributed by atoms with E-state index in [4.69, 9.17) is 5.41 Å². The van der Waals surface area contributed by atoms with Gasteiger partial charge in [-0.15, -0.1) is 0 Å². The van der Waals surface area contributed by atoms with Gasteiger partial charge in [0.2, 0.25) is 0 Å². The summed E-state index contributed by atoms with van der Waals surface area (Å²) in [5.41, 5.74) is -0.803. The second-order valence-corrected chi connectivity index (χ2v) is 4.98. The van der Waals surface area contributed by atoms with E-state index in [0.29, 0.717) is 4.47 Å². The molecule has 1 atom stereocenters. The summed E-state index contributed by atoms with van der Waals surface area (Å²) in [6, 6.07) is 4.07. The van der Waals surface area contributed by atoms with E-state index in [1.807, 2.05) is 0 Å². The van der Waals surface area contributed by atoms with Gasteiger partial charge < -0.3 is 4.90 Å². The first-order chi connectivity index (χ1) is 7.87. The first-order valence-electron chi connectivity index (χ1n) is 4.96. The molecule has 0 radical (unpaired) electrons. The monoisotopic (exact) mass is 299 g/mol. The van der Waals surface area contributed by atoms with Gasteiger partial charge >= 0.3 is 6.03 Å². The van der Waals surface area contributed by atoms with Crippen LogP contribution < -0.4 is 5.32 Å². The van der Waals surface area contributed by atoms with Crippen LogP contribution >= 0.6 is 15.9 Å². The van der Waals surface area contributed by atoms with E-state index in [-0.39, 0.29) is 11.4 Å². The van der Waals surface area contributed by atoms with Crippen molar-refractivity contribution >= 4 is 27.8 Å². The SMILES string of the molecule is CN1C(=O)NC(=N)C1(C)c1cc(Br)ccc1F. The highest BCUT2D eigenvalue weighted by Gasteiger charge is 2.47. The summed E-state index contributed by atoms with van der Waals surface area (Å²) < 4.78 is 14.6. The van der Waals surface area contributed by atoms with E-state index in [0.717, 1.165) is 0 Å². The molecule has 17 heavy (non-hydrogen) atoms. The summed E-state index contributed by atoms with van der Waals surface area (Å²) in [6.07, 6.45) is 0. The first-order valence-corrected chi connectivity index (χ1v) is 5.76. The number of carbonyl (C=O) groups is 1. The lowest BCUT2D eigenvalue weighted by Gasteiger charge is -2.31. The molecule has 6 heteroatoms. The van der Waals surface area contributed by atoms with Gasteiger partial charge in [0.15, 0.2) is 0 Å². The number of nitrogens with zero attached hydrogens (tertiary/aromatic N) is 1. The maximum absolute atomic E-state index is 13.9. The van der Waals surface area contributed by atoms with Crippen molar-refractivity contribution < 1.29 is 9.18 Å². The Labute approximate surface area is 106 Å². The number of amides is 2. The quantitative estimate of drug-likeness (QED) is 0.822. The number of hydrogen-bond acceptors (Lipinski definition) is 2. The van der Waals surface area contributed by atoms with E-state index < -0.39 is 17.4 Å². The van der Waals surface area contributed by atoms with Crippen LogP contribution in [0.3, 0.4) is 0 Å². The predicted octanol–water partition coefficient (Wildman–Crippen LogP) is 2.44. The Bertz CT molecular complexity index is 519. The molecule has 0 spiro atoms. The molecule has 1 fully saturated rings.